The van der Waals surface area contributed by atoms with E-state index in [4.69, 9.17) is 0 Å². The highest BCUT2D eigenvalue weighted by Crippen LogP contribution is 2.23. The molecule has 2 atom stereocenters. The van der Waals surface area contributed by atoms with Gasteiger partial charge in [0.05, 0.1) is 4.90 Å². The van der Waals surface area contributed by atoms with Crippen molar-refractivity contribution in [2.75, 3.05) is 5.32 Å². The van der Waals surface area contributed by atoms with Gasteiger partial charge in [0.15, 0.2) is 0 Å². The molecule has 0 saturated heterocycles. The molecule has 0 radical (unpaired) electrons. The first kappa shape index (κ1) is 18.9. The lowest BCUT2D eigenvalue weighted by molar-refractivity contribution is 0.396. The molecular formula is C21H28N2O2S. The third-order valence-corrected chi connectivity index (χ3v) is 6.54. The Bertz CT molecular complexity index is 789. The molecule has 2 aromatic carbocycles. The van der Waals surface area contributed by atoms with Crippen molar-refractivity contribution in [2.24, 2.45) is 0 Å². The van der Waals surface area contributed by atoms with Gasteiger partial charge in [-0.25, -0.2) is 13.1 Å². The van der Waals surface area contributed by atoms with E-state index in [1.807, 2.05) is 49.4 Å². The van der Waals surface area contributed by atoms with E-state index in [9.17, 15) is 8.42 Å². The number of nitrogens with one attached hydrogen (secondary N) is 2. The SMILES string of the molecule is Cc1ccc(S(=O)(=O)N[C@@H]2CCCCCC[C@H]2Nc2ccccc2)cc1. The first-order valence-corrected chi connectivity index (χ1v) is 10.9. The van der Waals surface area contributed by atoms with Gasteiger partial charge in [0.25, 0.3) is 0 Å². The minimum absolute atomic E-state index is 0.0953. The second-order valence-electron chi connectivity index (χ2n) is 7.15. The van der Waals surface area contributed by atoms with E-state index in [0.717, 1.165) is 36.9 Å². The van der Waals surface area contributed by atoms with E-state index in [2.05, 4.69) is 10.0 Å². The number of sulfonamides is 1. The molecule has 2 aromatic rings. The van der Waals surface area contributed by atoms with E-state index in [-0.39, 0.29) is 12.1 Å². The normalized spacial score (nSPS) is 21.6. The molecule has 1 aliphatic rings. The van der Waals surface area contributed by atoms with Crippen molar-refractivity contribution < 1.29 is 8.42 Å². The van der Waals surface area contributed by atoms with Gasteiger partial charge in [0, 0.05) is 17.8 Å². The molecule has 1 saturated carbocycles. The first-order valence-electron chi connectivity index (χ1n) is 9.45. The molecular weight excluding hydrogens is 344 g/mol. The number of anilines is 1. The Hall–Kier alpha value is -1.85. The van der Waals surface area contributed by atoms with Crippen LogP contribution in [0.1, 0.15) is 44.1 Å². The standard InChI is InChI=1S/C21H28N2O2S/c1-17-13-15-19(16-14-17)26(24,25)23-21-12-8-3-2-7-11-20(21)22-18-9-5-4-6-10-18/h4-6,9-10,13-16,20-23H,2-3,7-8,11-12H2,1H3/t20-,21-/m1/s1. The summed E-state index contributed by atoms with van der Waals surface area (Å²) in [6.45, 7) is 1.96. The van der Waals surface area contributed by atoms with Gasteiger partial charge in [-0.05, 0) is 44.0 Å². The van der Waals surface area contributed by atoms with Crippen LogP contribution in [0.2, 0.25) is 0 Å². The van der Waals surface area contributed by atoms with Crippen LogP contribution in [0.25, 0.3) is 0 Å². The van der Waals surface area contributed by atoms with E-state index in [1.165, 1.54) is 12.8 Å². The lowest BCUT2D eigenvalue weighted by atomic mass is 9.92. The lowest BCUT2D eigenvalue weighted by Gasteiger charge is -2.31. The number of para-hydroxylation sites is 1. The minimum Gasteiger partial charge on any atom is -0.381 e. The molecule has 5 heteroatoms. The van der Waals surface area contributed by atoms with Crippen LogP contribution in [-0.2, 0) is 10.0 Å². The van der Waals surface area contributed by atoms with Crippen LogP contribution in [-0.4, -0.2) is 20.5 Å². The fourth-order valence-electron chi connectivity index (χ4n) is 3.53. The molecule has 0 spiro atoms. The smallest absolute Gasteiger partial charge is 0.240 e. The number of hydrogen-bond acceptors (Lipinski definition) is 3. The first-order chi connectivity index (χ1) is 12.5. The molecule has 0 bridgehead atoms. The van der Waals surface area contributed by atoms with Gasteiger partial charge in [0.2, 0.25) is 10.0 Å². The molecule has 3 rings (SSSR count). The highest BCUT2D eigenvalue weighted by molar-refractivity contribution is 7.89. The van der Waals surface area contributed by atoms with Gasteiger partial charge in [-0.3, -0.25) is 0 Å². The Morgan fingerprint density at radius 2 is 1.42 bits per heavy atom. The van der Waals surface area contributed by atoms with Crippen molar-refractivity contribution in [3.63, 3.8) is 0 Å². The minimum atomic E-state index is -3.52. The number of hydrogen-bond donors (Lipinski definition) is 2. The van der Waals surface area contributed by atoms with Crippen molar-refractivity contribution in [3.8, 4) is 0 Å². The maximum atomic E-state index is 12.9. The third kappa shape index (κ3) is 5.08. The Balaban J connectivity index is 1.79. The molecule has 0 unspecified atom stereocenters. The van der Waals surface area contributed by atoms with E-state index in [1.54, 1.807) is 12.1 Å². The van der Waals surface area contributed by atoms with Crippen molar-refractivity contribution in [3.05, 3.63) is 60.2 Å². The van der Waals surface area contributed by atoms with Crippen LogP contribution in [0.3, 0.4) is 0 Å². The Kier molecular flexibility index (Phi) is 6.33. The zero-order chi connectivity index (χ0) is 18.4. The van der Waals surface area contributed by atoms with E-state index in [0.29, 0.717) is 4.90 Å². The second-order valence-corrected chi connectivity index (χ2v) is 8.86. The maximum absolute atomic E-state index is 12.9. The summed E-state index contributed by atoms with van der Waals surface area (Å²) in [6.07, 6.45) is 6.37. The van der Waals surface area contributed by atoms with Gasteiger partial charge in [-0.15, -0.1) is 0 Å². The van der Waals surface area contributed by atoms with Crippen LogP contribution in [0.4, 0.5) is 5.69 Å². The van der Waals surface area contributed by atoms with Gasteiger partial charge in [0.1, 0.15) is 0 Å². The topological polar surface area (TPSA) is 58.2 Å². The summed E-state index contributed by atoms with van der Waals surface area (Å²) >= 11 is 0. The van der Waals surface area contributed by atoms with E-state index < -0.39 is 10.0 Å². The molecule has 1 fully saturated rings. The largest absolute Gasteiger partial charge is 0.381 e. The van der Waals surface area contributed by atoms with Gasteiger partial charge in [-0.2, -0.15) is 0 Å². The summed E-state index contributed by atoms with van der Waals surface area (Å²) < 4.78 is 28.7. The lowest BCUT2D eigenvalue weighted by Crippen LogP contribution is -2.47. The predicted octanol–water partition coefficient (Wildman–Crippen LogP) is 4.48. The summed E-state index contributed by atoms with van der Waals surface area (Å²) in [7, 11) is -3.52. The average Bonchev–Trinajstić information content (AvgIpc) is 2.62. The van der Waals surface area contributed by atoms with Crippen molar-refractivity contribution in [1.82, 2.24) is 4.72 Å². The summed E-state index contributed by atoms with van der Waals surface area (Å²) in [5.41, 5.74) is 2.09. The second kappa shape index (κ2) is 8.69. The van der Waals surface area contributed by atoms with Crippen LogP contribution in [0.5, 0.6) is 0 Å². The molecule has 140 valence electrons. The molecule has 2 N–H and O–H groups in total. The average molecular weight is 373 g/mol. The molecule has 0 aliphatic heterocycles. The quantitative estimate of drug-likeness (QED) is 0.814. The molecule has 4 nitrogen and oxygen atoms in total. The predicted molar refractivity (Wildman–Crippen MR) is 107 cm³/mol. The molecule has 0 amide bonds. The van der Waals surface area contributed by atoms with E-state index >= 15 is 0 Å². The number of rotatable bonds is 5. The molecule has 26 heavy (non-hydrogen) atoms. The maximum Gasteiger partial charge on any atom is 0.240 e. The highest BCUT2D eigenvalue weighted by Gasteiger charge is 2.27. The Morgan fingerprint density at radius 1 is 0.808 bits per heavy atom. The van der Waals surface area contributed by atoms with Crippen LogP contribution < -0.4 is 10.0 Å². The fourth-order valence-corrected chi connectivity index (χ4v) is 4.84. The monoisotopic (exact) mass is 372 g/mol. The summed E-state index contributed by atoms with van der Waals surface area (Å²) in [6, 6.07) is 17.1. The van der Waals surface area contributed by atoms with Crippen LogP contribution in [0.15, 0.2) is 59.5 Å². The van der Waals surface area contributed by atoms with Crippen LogP contribution in [0, 0.1) is 6.92 Å². The van der Waals surface area contributed by atoms with Gasteiger partial charge in [-0.1, -0.05) is 61.6 Å². The number of aryl methyl sites for hydroxylation is 1. The van der Waals surface area contributed by atoms with Gasteiger partial charge < -0.3 is 5.32 Å². The summed E-state index contributed by atoms with van der Waals surface area (Å²) in [4.78, 5) is 0.337. The van der Waals surface area contributed by atoms with Crippen molar-refractivity contribution in [2.45, 2.75) is 62.4 Å². The summed E-state index contributed by atoms with van der Waals surface area (Å²) in [5, 5.41) is 3.55. The van der Waals surface area contributed by atoms with Crippen LogP contribution >= 0.6 is 0 Å². The van der Waals surface area contributed by atoms with Gasteiger partial charge >= 0.3 is 0 Å². The van der Waals surface area contributed by atoms with Crippen molar-refractivity contribution in [1.29, 1.82) is 0 Å². The molecule has 0 aromatic heterocycles. The Morgan fingerprint density at radius 3 is 2.08 bits per heavy atom. The fraction of sp³-hybridized carbons (Fsp3) is 0.429. The Labute approximate surface area is 157 Å². The van der Waals surface area contributed by atoms with Crippen molar-refractivity contribution >= 4 is 15.7 Å². The number of benzene rings is 2. The zero-order valence-electron chi connectivity index (χ0n) is 15.3. The summed E-state index contributed by atoms with van der Waals surface area (Å²) in [5.74, 6) is 0. The third-order valence-electron chi connectivity index (χ3n) is 5.03. The molecule has 1 aliphatic carbocycles. The zero-order valence-corrected chi connectivity index (χ0v) is 16.1. The highest BCUT2D eigenvalue weighted by atomic mass is 32.2. The molecule has 0 heterocycles.